The Morgan fingerprint density at radius 2 is 2.19 bits per heavy atom. The number of benzene rings is 1. The van der Waals surface area contributed by atoms with Gasteiger partial charge in [0.2, 0.25) is 5.82 Å². The average Bonchev–Trinajstić information content (AvgIpc) is 3.40. The van der Waals surface area contributed by atoms with Gasteiger partial charge in [0.25, 0.3) is 11.9 Å². The van der Waals surface area contributed by atoms with Gasteiger partial charge in [0.05, 0.1) is 18.1 Å². The highest BCUT2D eigenvalue weighted by atomic mass is 32.1. The Balaban J connectivity index is 1.50. The first-order valence-electron chi connectivity index (χ1n) is 8.06. The molecule has 3 aromatic heterocycles. The molecule has 1 unspecified atom stereocenters. The molecule has 1 aliphatic heterocycles. The summed E-state index contributed by atoms with van der Waals surface area (Å²) in [7, 11) is 0. The van der Waals surface area contributed by atoms with E-state index in [1.807, 2.05) is 22.4 Å². The highest BCUT2D eigenvalue weighted by molar-refractivity contribution is 7.13. The number of thiophene rings is 1. The summed E-state index contributed by atoms with van der Waals surface area (Å²) in [6, 6.07) is 8.20. The van der Waals surface area contributed by atoms with Gasteiger partial charge in [-0.2, -0.15) is 9.97 Å². The van der Waals surface area contributed by atoms with Crippen LogP contribution < -0.4 is 4.90 Å². The van der Waals surface area contributed by atoms with Crippen LogP contribution in [0.3, 0.4) is 0 Å². The van der Waals surface area contributed by atoms with E-state index in [1.54, 1.807) is 17.4 Å². The predicted molar refractivity (Wildman–Crippen MR) is 92.5 cm³/mol. The van der Waals surface area contributed by atoms with E-state index in [0.717, 1.165) is 4.88 Å². The number of halogens is 1. The molecule has 1 aromatic carbocycles. The van der Waals surface area contributed by atoms with E-state index in [-0.39, 0.29) is 11.9 Å². The highest BCUT2D eigenvalue weighted by Crippen LogP contribution is 2.32. The summed E-state index contributed by atoms with van der Waals surface area (Å²) >= 11 is 1.54. The lowest BCUT2D eigenvalue weighted by atomic mass is 10.2. The van der Waals surface area contributed by atoms with E-state index < -0.39 is 0 Å². The van der Waals surface area contributed by atoms with Gasteiger partial charge in [-0.05, 0) is 23.6 Å². The Bertz CT molecular complexity index is 1050. The zero-order chi connectivity index (χ0) is 17.5. The SMILES string of the molecule is Fc1ccc2oc(N3CCOCC3c3nc(-c4cccs4)no3)nc2c1. The summed E-state index contributed by atoms with van der Waals surface area (Å²) in [6.07, 6.45) is 0. The van der Waals surface area contributed by atoms with Crippen molar-refractivity contribution in [2.45, 2.75) is 6.04 Å². The van der Waals surface area contributed by atoms with Crippen LogP contribution >= 0.6 is 11.3 Å². The van der Waals surface area contributed by atoms with Gasteiger partial charge in [-0.15, -0.1) is 11.3 Å². The van der Waals surface area contributed by atoms with Crippen LogP contribution in [0.1, 0.15) is 11.9 Å². The number of aromatic nitrogens is 3. The van der Waals surface area contributed by atoms with Crippen molar-refractivity contribution in [3.8, 4) is 10.7 Å². The van der Waals surface area contributed by atoms with Crippen LogP contribution in [0.5, 0.6) is 0 Å². The van der Waals surface area contributed by atoms with Crippen molar-refractivity contribution in [3.05, 3.63) is 47.4 Å². The minimum Gasteiger partial charge on any atom is -0.423 e. The van der Waals surface area contributed by atoms with Gasteiger partial charge >= 0.3 is 0 Å². The topological polar surface area (TPSA) is 77.4 Å². The lowest BCUT2D eigenvalue weighted by Crippen LogP contribution is -2.40. The third kappa shape index (κ3) is 2.65. The van der Waals surface area contributed by atoms with Crippen molar-refractivity contribution in [2.24, 2.45) is 0 Å². The minimum atomic E-state index is -0.353. The number of anilines is 1. The maximum absolute atomic E-state index is 13.4. The largest absolute Gasteiger partial charge is 0.423 e. The fourth-order valence-electron chi connectivity index (χ4n) is 2.92. The van der Waals surface area contributed by atoms with Crippen molar-refractivity contribution < 1.29 is 18.1 Å². The number of fused-ring (bicyclic) bond motifs is 1. The van der Waals surface area contributed by atoms with E-state index in [2.05, 4.69) is 15.1 Å². The summed E-state index contributed by atoms with van der Waals surface area (Å²) in [5.41, 5.74) is 0.992. The number of oxazole rings is 1. The van der Waals surface area contributed by atoms with Crippen LogP contribution in [0.4, 0.5) is 10.4 Å². The normalized spacial score (nSPS) is 17.9. The maximum atomic E-state index is 13.4. The van der Waals surface area contributed by atoms with Crippen LogP contribution in [-0.2, 0) is 4.74 Å². The van der Waals surface area contributed by atoms with Crippen molar-refractivity contribution in [1.82, 2.24) is 15.1 Å². The standard InChI is InChI=1S/C17H13FN4O3S/c18-10-3-4-13-11(8-10)19-17(24-13)22-5-6-23-9-12(22)16-20-15(21-25-16)14-2-1-7-26-14/h1-4,7-8,12H,5-6,9H2. The zero-order valence-electron chi connectivity index (χ0n) is 13.5. The van der Waals surface area contributed by atoms with Crippen molar-refractivity contribution in [1.29, 1.82) is 0 Å². The lowest BCUT2D eigenvalue weighted by Gasteiger charge is -2.31. The van der Waals surface area contributed by atoms with Gasteiger partial charge in [0.1, 0.15) is 17.4 Å². The van der Waals surface area contributed by atoms with Crippen LogP contribution in [-0.4, -0.2) is 34.9 Å². The summed E-state index contributed by atoms with van der Waals surface area (Å²) in [6.45, 7) is 1.45. The molecule has 4 aromatic rings. The molecular formula is C17H13FN4O3S. The zero-order valence-corrected chi connectivity index (χ0v) is 14.3. The maximum Gasteiger partial charge on any atom is 0.299 e. The molecule has 0 amide bonds. The van der Waals surface area contributed by atoms with Crippen LogP contribution in [0, 0.1) is 5.82 Å². The molecule has 4 heterocycles. The molecule has 0 N–H and O–H groups in total. The molecule has 1 aliphatic rings. The quantitative estimate of drug-likeness (QED) is 0.543. The van der Waals surface area contributed by atoms with Crippen molar-refractivity contribution >= 4 is 28.5 Å². The highest BCUT2D eigenvalue weighted by Gasteiger charge is 2.33. The monoisotopic (exact) mass is 372 g/mol. The lowest BCUT2D eigenvalue weighted by molar-refractivity contribution is 0.0811. The van der Waals surface area contributed by atoms with Crippen LogP contribution in [0.25, 0.3) is 21.8 Å². The smallest absolute Gasteiger partial charge is 0.299 e. The molecule has 5 rings (SSSR count). The van der Waals surface area contributed by atoms with Crippen molar-refractivity contribution in [2.75, 3.05) is 24.7 Å². The number of ether oxygens (including phenoxy) is 1. The van der Waals surface area contributed by atoms with Gasteiger partial charge < -0.3 is 18.6 Å². The van der Waals surface area contributed by atoms with E-state index in [1.165, 1.54) is 12.1 Å². The van der Waals surface area contributed by atoms with Crippen molar-refractivity contribution in [3.63, 3.8) is 0 Å². The molecule has 1 saturated heterocycles. The first kappa shape index (κ1) is 15.5. The van der Waals surface area contributed by atoms with Gasteiger partial charge in [-0.1, -0.05) is 11.2 Å². The molecule has 9 heteroatoms. The molecule has 1 atom stereocenters. The molecule has 0 radical (unpaired) electrons. The second-order valence-electron chi connectivity index (χ2n) is 5.83. The number of hydrogen-bond acceptors (Lipinski definition) is 8. The summed E-state index contributed by atoms with van der Waals surface area (Å²) in [5.74, 6) is 0.620. The van der Waals surface area contributed by atoms with Gasteiger partial charge in [-0.25, -0.2) is 4.39 Å². The van der Waals surface area contributed by atoms with Crippen LogP contribution in [0.15, 0.2) is 44.7 Å². The first-order valence-corrected chi connectivity index (χ1v) is 8.94. The van der Waals surface area contributed by atoms with E-state index in [9.17, 15) is 4.39 Å². The predicted octanol–water partition coefficient (Wildman–Crippen LogP) is 3.66. The molecule has 0 spiro atoms. The van der Waals surface area contributed by atoms with E-state index >= 15 is 0 Å². The average molecular weight is 372 g/mol. The Morgan fingerprint density at radius 3 is 3.08 bits per heavy atom. The second kappa shape index (κ2) is 6.19. The molecule has 0 saturated carbocycles. The molecular weight excluding hydrogens is 359 g/mol. The fraction of sp³-hybridized carbons (Fsp3) is 0.235. The number of nitrogens with zero attached hydrogens (tertiary/aromatic N) is 4. The number of hydrogen-bond donors (Lipinski definition) is 0. The van der Waals surface area contributed by atoms with E-state index in [0.29, 0.717) is 48.6 Å². The molecule has 132 valence electrons. The van der Waals surface area contributed by atoms with E-state index in [4.69, 9.17) is 13.7 Å². The fourth-order valence-corrected chi connectivity index (χ4v) is 3.57. The van der Waals surface area contributed by atoms with Gasteiger partial charge in [-0.3, -0.25) is 0 Å². The minimum absolute atomic E-state index is 0.317. The van der Waals surface area contributed by atoms with Gasteiger partial charge in [0, 0.05) is 12.6 Å². The van der Waals surface area contributed by atoms with Crippen LogP contribution in [0.2, 0.25) is 0 Å². The number of morpholine rings is 1. The van der Waals surface area contributed by atoms with Gasteiger partial charge in [0.15, 0.2) is 5.58 Å². The molecule has 0 bridgehead atoms. The summed E-state index contributed by atoms with van der Waals surface area (Å²) < 4.78 is 30.3. The number of rotatable bonds is 3. The third-order valence-corrected chi connectivity index (χ3v) is 5.05. The summed E-state index contributed by atoms with van der Waals surface area (Å²) in [4.78, 5) is 11.7. The third-order valence-electron chi connectivity index (χ3n) is 4.18. The molecule has 0 aliphatic carbocycles. The molecule has 26 heavy (non-hydrogen) atoms. The Labute approximate surface area is 151 Å². The molecule has 7 nitrogen and oxygen atoms in total. The Kier molecular flexibility index (Phi) is 3.68. The molecule has 1 fully saturated rings. The summed E-state index contributed by atoms with van der Waals surface area (Å²) in [5, 5.41) is 6.01. The Hall–Kier alpha value is -2.78. The Morgan fingerprint density at radius 1 is 1.23 bits per heavy atom. The first-order chi connectivity index (χ1) is 12.8. The second-order valence-corrected chi connectivity index (χ2v) is 6.77.